The molecule has 0 aliphatic heterocycles. The zero-order valence-corrected chi connectivity index (χ0v) is 15.3. The SMILES string of the molecule is CCN(CC)CCC[Si](C)(c1ccccc1)c1ccccc1. The molecule has 22 heavy (non-hydrogen) atoms. The molecule has 2 aromatic rings. The summed E-state index contributed by atoms with van der Waals surface area (Å²) < 4.78 is 0. The molecule has 0 saturated carbocycles. The molecule has 0 bridgehead atoms. The van der Waals surface area contributed by atoms with Crippen molar-refractivity contribution in [1.82, 2.24) is 4.90 Å². The maximum absolute atomic E-state index is 2.53. The summed E-state index contributed by atoms with van der Waals surface area (Å²) in [5, 5.41) is 3.11. The third-order valence-corrected chi connectivity index (χ3v) is 9.44. The molecular weight excluding hydrogens is 282 g/mol. The van der Waals surface area contributed by atoms with Gasteiger partial charge in [0.05, 0.1) is 0 Å². The van der Waals surface area contributed by atoms with Gasteiger partial charge in [0.2, 0.25) is 0 Å². The minimum absolute atomic E-state index is 1.16. The Labute approximate surface area is 137 Å². The van der Waals surface area contributed by atoms with Gasteiger partial charge in [-0.25, -0.2) is 0 Å². The summed E-state index contributed by atoms with van der Waals surface area (Å²) >= 11 is 0. The van der Waals surface area contributed by atoms with Gasteiger partial charge in [-0.15, -0.1) is 0 Å². The van der Waals surface area contributed by atoms with Crippen molar-refractivity contribution in [3.63, 3.8) is 0 Å². The highest BCUT2D eigenvalue weighted by Gasteiger charge is 2.30. The van der Waals surface area contributed by atoms with Crippen LogP contribution in [0.3, 0.4) is 0 Å². The van der Waals surface area contributed by atoms with E-state index in [1.54, 1.807) is 10.4 Å². The fourth-order valence-corrected chi connectivity index (χ4v) is 6.90. The van der Waals surface area contributed by atoms with Crippen LogP contribution in [0.5, 0.6) is 0 Å². The summed E-state index contributed by atoms with van der Waals surface area (Å²) in [4.78, 5) is 2.53. The molecule has 0 N–H and O–H groups in total. The van der Waals surface area contributed by atoms with Gasteiger partial charge in [0, 0.05) is 0 Å². The summed E-state index contributed by atoms with van der Waals surface area (Å²) in [7, 11) is -1.62. The van der Waals surface area contributed by atoms with E-state index in [0.717, 1.165) is 13.1 Å². The highest BCUT2D eigenvalue weighted by molar-refractivity contribution is 7.01. The molecule has 1 nitrogen and oxygen atoms in total. The van der Waals surface area contributed by atoms with Crippen LogP contribution < -0.4 is 10.4 Å². The first-order valence-corrected chi connectivity index (χ1v) is 11.2. The highest BCUT2D eigenvalue weighted by atomic mass is 28.3. The van der Waals surface area contributed by atoms with E-state index in [1.165, 1.54) is 19.0 Å². The Balaban J connectivity index is 2.20. The minimum Gasteiger partial charge on any atom is -0.304 e. The Hall–Kier alpha value is -1.38. The Morgan fingerprint density at radius 3 is 1.64 bits per heavy atom. The van der Waals surface area contributed by atoms with Crippen molar-refractivity contribution in [2.45, 2.75) is 32.9 Å². The Morgan fingerprint density at radius 1 is 0.773 bits per heavy atom. The first-order chi connectivity index (χ1) is 10.7. The lowest BCUT2D eigenvalue weighted by molar-refractivity contribution is 0.304. The van der Waals surface area contributed by atoms with Crippen LogP contribution in [-0.4, -0.2) is 32.6 Å². The smallest absolute Gasteiger partial charge is 0.115 e. The lowest BCUT2D eigenvalue weighted by Crippen LogP contribution is -2.55. The molecule has 2 heteroatoms. The van der Waals surface area contributed by atoms with Gasteiger partial charge in [-0.1, -0.05) is 91.4 Å². The van der Waals surface area contributed by atoms with Crippen LogP contribution >= 0.6 is 0 Å². The number of hydrogen-bond acceptors (Lipinski definition) is 1. The number of nitrogens with zero attached hydrogens (tertiary/aromatic N) is 1. The van der Waals surface area contributed by atoms with Crippen molar-refractivity contribution in [2.75, 3.05) is 19.6 Å². The van der Waals surface area contributed by atoms with Crippen LogP contribution in [0.4, 0.5) is 0 Å². The molecule has 0 heterocycles. The number of benzene rings is 2. The van der Waals surface area contributed by atoms with Gasteiger partial charge < -0.3 is 4.90 Å². The average Bonchev–Trinajstić information content (AvgIpc) is 2.60. The van der Waals surface area contributed by atoms with Gasteiger partial charge in [0.1, 0.15) is 8.07 Å². The van der Waals surface area contributed by atoms with Gasteiger partial charge in [-0.2, -0.15) is 0 Å². The second kappa shape index (κ2) is 8.30. The number of rotatable bonds is 8. The van der Waals surface area contributed by atoms with Crippen LogP contribution in [0.1, 0.15) is 20.3 Å². The predicted octanol–water partition coefficient (Wildman–Crippen LogP) is 3.61. The molecule has 0 atom stereocenters. The summed E-state index contributed by atoms with van der Waals surface area (Å²) in [6.45, 7) is 10.6. The van der Waals surface area contributed by atoms with E-state index in [4.69, 9.17) is 0 Å². The first-order valence-electron chi connectivity index (χ1n) is 8.54. The largest absolute Gasteiger partial charge is 0.304 e. The first kappa shape index (κ1) is 17.0. The molecule has 0 unspecified atom stereocenters. The Kier molecular flexibility index (Phi) is 6.41. The molecule has 0 amide bonds. The molecule has 0 aromatic heterocycles. The topological polar surface area (TPSA) is 3.24 Å². The van der Waals surface area contributed by atoms with Gasteiger partial charge in [0.15, 0.2) is 0 Å². The van der Waals surface area contributed by atoms with Crippen molar-refractivity contribution >= 4 is 18.4 Å². The van der Waals surface area contributed by atoms with E-state index in [1.807, 2.05) is 0 Å². The third-order valence-electron chi connectivity index (χ3n) is 4.87. The molecule has 0 fully saturated rings. The summed E-state index contributed by atoms with van der Waals surface area (Å²) in [5.41, 5.74) is 0. The molecule has 0 aliphatic rings. The van der Waals surface area contributed by atoms with E-state index < -0.39 is 8.07 Å². The molecule has 118 valence electrons. The maximum Gasteiger partial charge on any atom is 0.115 e. The van der Waals surface area contributed by atoms with Crippen molar-refractivity contribution in [1.29, 1.82) is 0 Å². The second-order valence-corrected chi connectivity index (χ2v) is 10.5. The standard InChI is InChI=1S/C20H29NSi/c1-4-21(5-2)17-12-18-22(3,19-13-8-6-9-14-19)20-15-10-7-11-16-20/h6-11,13-16H,4-5,12,17-18H2,1-3H3. The molecule has 2 aromatic carbocycles. The maximum atomic E-state index is 2.53. The zero-order chi connectivity index (χ0) is 15.8. The van der Waals surface area contributed by atoms with Crippen molar-refractivity contribution in [3.05, 3.63) is 60.7 Å². The summed E-state index contributed by atoms with van der Waals surface area (Å²) in [6, 6.07) is 23.6. The van der Waals surface area contributed by atoms with E-state index in [9.17, 15) is 0 Å². The minimum atomic E-state index is -1.62. The molecule has 2 rings (SSSR count). The number of hydrogen-bond donors (Lipinski definition) is 0. The lowest BCUT2D eigenvalue weighted by atomic mass is 10.4. The third kappa shape index (κ3) is 4.08. The van der Waals surface area contributed by atoms with E-state index in [-0.39, 0.29) is 0 Å². The van der Waals surface area contributed by atoms with Crippen molar-refractivity contribution in [3.8, 4) is 0 Å². The van der Waals surface area contributed by atoms with Gasteiger partial charge in [0.25, 0.3) is 0 Å². The molecule has 0 aliphatic carbocycles. The molecular formula is C20H29NSi. The van der Waals surface area contributed by atoms with E-state index >= 15 is 0 Å². The van der Waals surface area contributed by atoms with Crippen LogP contribution in [-0.2, 0) is 0 Å². The molecule has 0 spiro atoms. The fourth-order valence-electron chi connectivity index (χ4n) is 3.26. The fraction of sp³-hybridized carbons (Fsp3) is 0.400. The van der Waals surface area contributed by atoms with Gasteiger partial charge in [-0.3, -0.25) is 0 Å². The average molecular weight is 312 g/mol. The van der Waals surface area contributed by atoms with Crippen molar-refractivity contribution in [2.24, 2.45) is 0 Å². The van der Waals surface area contributed by atoms with E-state index in [0.29, 0.717) is 0 Å². The normalized spacial score (nSPS) is 11.8. The van der Waals surface area contributed by atoms with Crippen molar-refractivity contribution < 1.29 is 0 Å². The van der Waals surface area contributed by atoms with Gasteiger partial charge in [-0.05, 0) is 32.1 Å². The molecule has 0 radical (unpaired) electrons. The zero-order valence-electron chi connectivity index (χ0n) is 14.3. The van der Waals surface area contributed by atoms with Crippen LogP contribution in [0.2, 0.25) is 12.6 Å². The lowest BCUT2D eigenvalue weighted by Gasteiger charge is -2.30. The monoisotopic (exact) mass is 311 g/mol. The van der Waals surface area contributed by atoms with Crippen LogP contribution in [0.25, 0.3) is 0 Å². The summed E-state index contributed by atoms with van der Waals surface area (Å²) in [6.07, 6.45) is 1.29. The highest BCUT2D eigenvalue weighted by Crippen LogP contribution is 2.14. The quantitative estimate of drug-likeness (QED) is 0.673. The van der Waals surface area contributed by atoms with Gasteiger partial charge >= 0.3 is 0 Å². The van der Waals surface area contributed by atoms with Crippen LogP contribution in [0.15, 0.2) is 60.7 Å². The Morgan fingerprint density at radius 2 is 1.23 bits per heavy atom. The van der Waals surface area contributed by atoms with E-state index in [2.05, 4.69) is 86.0 Å². The molecule has 0 saturated heterocycles. The second-order valence-electron chi connectivity index (χ2n) is 6.19. The summed E-state index contributed by atoms with van der Waals surface area (Å²) in [5.74, 6) is 0. The van der Waals surface area contributed by atoms with Crippen LogP contribution in [0, 0.1) is 0 Å². The Bertz CT molecular complexity index is 495. The predicted molar refractivity (Wildman–Crippen MR) is 101 cm³/mol.